The Hall–Kier alpha value is -2.73. The van der Waals surface area contributed by atoms with Crippen LogP contribution in [0.5, 0.6) is 0 Å². The Bertz CT molecular complexity index is 973. The zero-order valence-corrected chi connectivity index (χ0v) is 15.6. The smallest absolute Gasteiger partial charge is 0.331 e. The maximum atomic E-state index is 11.9. The molecule has 6 nitrogen and oxygen atoms in total. The largest absolute Gasteiger partial charge is 0.457 e. The first kappa shape index (κ1) is 18.1. The van der Waals surface area contributed by atoms with Crippen LogP contribution in [0.2, 0.25) is 5.15 Å². The second-order valence-electron chi connectivity index (χ2n) is 6.78. The van der Waals surface area contributed by atoms with E-state index >= 15 is 0 Å². The van der Waals surface area contributed by atoms with Crippen molar-refractivity contribution in [1.29, 1.82) is 0 Å². The van der Waals surface area contributed by atoms with E-state index in [0.29, 0.717) is 23.0 Å². The van der Waals surface area contributed by atoms with Crippen molar-refractivity contribution < 1.29 is 9.53 Å². The highest BCUT2D eigenvalue weighted by molar-refractivity contribution is 6.29. The molecular formula is C19H19ClN4O2. The third-order valence-corrected chi connectivity index (χ3v) is 3.71. The van der Waals surface area contributed by atoms with E-state index in [-0.39, 0.29) is 5.97 Å². The molecule has 0 amide bonds. The van der Waals surface area contributed by atoms with Gasteiger partial charge in [-0.25, -0.2) is 4.79 Å². The van der Waals surface area contributed by atoms with Gasteiger partial charge in [0.1, 0.15) is 10.8 Å². The number of esters is 1. The molecule has 0 spiro atoms. The summed E-state index contributed by atoms with van der Waals surface area (Å²) in [5, 5.41) is 12.9. The summed E-state index contributed by atoms with van der Waals surface area (Å²) in [4.78, 5) is 11.9. The lowest BCUT2D eigenvalue weighted by Crippen LogP contribution is -2.22. The van der Waals surface area contributed by atoms with Gasteiger partial charge in [-0.05, 0) is 50.1 Å². The molecule has 0 aliphatic rings. The van der Waals surface area contributed by atoms with Crippen LogP contribution in [0, 0.1) is 0 Å². The van der Waals surface area contributed by atoms with E-state index in [1.807, 2.05) is 45.0 Å². The minimum Gasteiger partial charge on any atom is -0.457 e. The minimum absolute atomic E-state index is 0.372. The number of hydrogen-bond acceptors (Lipinski definition) is 5. The highest BCUT2D eigenvalue weighted by Gasteiger charge is 2.14. The van der Waals surface area contributed by atoms with Crippen LogP contribution in [0.4, 0.5) is 0 Å². The zero-order chi connectivity index (χ0) is 18.7. The first-order chi connectivity index (χ1) is 12.3. The third kappa shape index (κ3) is 4.46. The molecule has 1 aromatic carbocycles. The average molecular weight is 371 g/mol. The molecule has 0 saturated heterocycles. The molecule has 2 heterocycles. The second-order valence-corrected chi connectivity index (χ2v) is 7.17. The summed E-state index contributed by atoms with van der Waals surface area (Å²) < 4.78 is 6.92. The fraction of sp³-hybridized carbons (Fsp3) is 0.263. The van der Waals surface area contributed by atoms with E-state index in [1.54, 1.807) is 22.7 Å². The third-order valence-electron chi connectivity index (χ3n) is 3.50. The summed E-state index contributed by atoms with van der Waals surface area (Å²) in [6.07, 6.45) is 3.68. The van der Waals surface area contributed by atoms with E-state index < -0.39 is 5.60 Å². The van der Waals surface area contributed by atoms with Gasteiger partial charge in [-0.2, -0.15) is 9.61 Å². The number of carbonyl (C=O) groups excluding carboxylic acids is 1. The summed E-state index contributed by atoms with van der Waals surface area (Å²) in [6, 6.07) is 11.2. The first-order valence-electron chi connectivity index (χ1n) is 8.18. The molecule has 0 aliphatic carbocycles. The number of fused-ring (bicyclic) bond motifs is 1. The van der Waals surface area contributed by atoms with Crippen LogP contribution in [0.15, 0.2) is 42.5 Å². The van der Waals surface area contributed by atoms with Crippen molar-refractivity contribution in [3.63, 3.8) is 0 Å². The van der Waals surface area contributed by atoms with Crippen molar-refractivity contribution in [2.45, 2.75) is 32.8 Å². The average Bonchev–Trinajstić information content (AvgIpc) is 2.95. The quantitative estimate of drug-likeness (QED) is 0.517. The number of rotatable bonds is 4. The molecule has 3 rings (SSSR count). The Labute approximate surface area is 156 Å². The van der Waals surface area contributed by atoms with Crippen LogP contribution in [0.3, 0.4) is 0 Å². The molecule has 0 unspecified atom stereocenters. The molecular weight excluding hydrogens is 352 g/mol. The van der Waals surface area contributed by atoms with Gasteiger partial charge in [-0.3, -0.25) is 0 Å². The molecule has 3 aromatic rings. The molecule has 0 radical (unpaired) electrons. The van der Waals surface area contributed by atoms with Gasteiger partial charge in [0.25, 0.3) is 0 Å². The number of nitrogens with zero attached hydrogens (tertiary/aromatic N) is 4. The molecule has 0 atom stereocenters. The maximum absolute atomic E-state index is 11.9. The van der Waals surface area contributed by atoms with E-state index in [1.165, 1.54) is 6.08 Å². The van der Waals surface area contributed by atoms with Crippen molar-refractivity contribution in [3.05, 3.63) is 64.6 Å². The van der Waals surface area contributed by atoms with E-state index in [9.17, 15) is 4.79 Å². The zero-order valence-electron chi connectivity index (χ0n) is 14.8. The highest BCUT2D eigenvalue weighted by Crippen LogP contribution is 2.17. The van der Waals surface area contributed by atoms with Crippen LogP contribution < -0.4 is 0 Å². The lowest BCUT2D eigenvalue weighted by Gasteiger charge is -2.17. The van der Waals surface area contributed by atoms with Crippen LogP contribution in [0.25, 0.3) is 11.7 Å². The number of ether oxygens (including phenoxy) is 1. The topological polar surface area (TPSA) is 69.4 Å². The van der Waals surface area contributed by atoms with E-state index in [4.69, 9.17) is 16.3 Å². The second kappa shape index (κ2) is 7.25. The number of carbonyl (C=O) groups is 1. The summed E-state index contributed by atoms with van der Waals surface area (Å²) in [5.41, 5.74) is 2.00. The molecule has 26 heavy (non-hydrogen) atoms. The summed E-state index contributed by atoms with van der Waals surface area (Å²) in [7, 11) is 0. The monoisotopic (exact) mass is 370 g/mol. The Kier molecular flexibility index (Phi) is 5.04. The highest BCUT2D eigenvalue weighted by atomic mass is 35.5. The molecule has 0 bridgehead atoms. The van der Waals surface area contributed by atoms with E-state index in [2.05, 4.69) is 15.3 Å². The lowest BCUT2D eigenvalue weighted by molar-refractivity contribution is -0.148. The SMILES string of the molecule is CC(C)(C)OC(=O)/C=C/c1ccccc1Cc1nnc2ccc(Cl)nn12. The number of aromatic nitrogens is 4. The van der Waals surface area contributed by atoms with Gasteiger partial charge >= 0.3 is 5.97 Å². The molecule has 2 aromatic heterocycles. The van der Waals surface area contributed by atoms with Gasteiger partial charge in [0.15, 0.2) is 11.5 Å². The van der Waals surface area contributed by atoms with Crippen molar-refractivity contribution in [1.82, 2.24) is 19.8 Å². The number of benzene rings is 1. The van der Waals surface area contributed by atoms with Crippen molar-refractivity contribution >= 4 is 29.3 Å². The Morgan fingerprint density at radius 3 is 2.73 bits per heavy atom. The molecule has 0 fully saturated rings. The predicted octanol–water partition coefficient (Wildman–Crippen LogP) is 3.72. The van der Waals surface area contributed by atoms with Crippen molar-refractivity contribution in [2.75, 3.05) is 0 Å². The minimum atomic E-state index is -0.522. The van der Waals surface area contributed by atoms with Crippen LogP contribution >= 0.6 is 11.6 Å². The standard InChI is InChI=1S/C19H19ClN4O2/c1-19(2,3)26-18(25)11-8-13-6-4-5-7-14(13)12-17-22-21-16-10-9-15(20)23-24(16)17/h4-11H,12H2,1-3H3/b11-8+. The fourth-order valence-corrected chi connectivity index (χ4v) is 2.58. The summed E-state index contributed by atoms with van der Waals surface area (Å²) >= 11 is 5.97. The Balaban J connectivity index is 1.85. The Morgan fingerprint density at radius 2 is 1.96 bits per heavy atom. The first-order valence-corrected chi connectivity index (χ1v) is 8.55. The van der Waals surface area contributed by atoms with Gasteiger partial charge in [-0.1, -0.05) is 35.9 Å². The van der Waals surface area contributed by atoms with E-state index in [0.717, 1.165) is 11.1 Å². The van der Waals surface area contributed by atoms with Crippen LogP contribution in [-0.4, -0.2) is 31.4 Å². The predicted molar refractivity (Wildman–Crippen MR) is 99.9 cm³/mol. The summed E-state index contributed by atoms with van der Waals surface area (Å²) in [5.74, 6) is 0.286. The van der Waals surface area contributed by atoms with Crippen LogP contribution in [0.1, 0.15) is 37.7 Å². The van der Waals surface area contributed by atoms with Gasteiger partial charge in [0.2, 0.25) is 0 Å². The van der Waals surface area contributed by atoms with Crippen molar-refractivity contribution in [3.8, 4) is 0 Å². The van der Waals surface area contributed by atoms with Gasteiger partial charge in [0.05, 0.1) is 0 Å². The molecule has 134 valence electrons. The van der Waals surface area contributed by atoms with Crippen molar-refractivity contribution in [2.24, 2.45) is 0 Å². The van der Waals surface area contributed by atoms with Crippen LogP contribution in [-0.2, 0) is 16.0 Å². The summed E-state index contributed by atoms with van der Waals surface area (Å²) in [6.45, 7) is 5.50. The fourth-order valence-electron chi connectivity index (χ4n) is 2.44. The number of hydrogen-bond donors (Lipinski definition) is 0. The molecule has 0 saturated carbocycles. The maximum Gasteiger partial charge on any atom is 0.331 e. The Morgan fingerprint density at radius 1 is 1.19 bits per heavy atom. The molecule has 0 aliphatic heterocycles. The molecule has 0 N–H and O–H groups in total. The number of halogens is 1. The normalized spacial score (nSPS) is 12.0. The lowest BCUT2D eigenvalue weighted by atomic mass is 10.0. The van der Waals surface area contributed by atoms with Gasteiger partial charge < -0.3 is 4.74 Å². The molecule has 7 heteroatoms. The van der Waals surface area contributed by atoms with Gasteiger partial charge in [-0.15, -0.1) is 10.2 Å². The van der Waals surface area contributed by atoms with Gasteiger partial charge in [0, 0.05) is 12.5 Å².